The van der Waals surface area contributed by atoms with Gasteiger partial charge in [-0.05, 0) is 56.7 Å². The van der Waals surface area contributed by atoms with Crippen molar-refractivity contribution in [2.24, 2.45) is 0 Å². The van der Waals surface area contributed by atoms with Crippen LogP contribution in [0.3, 0.4) is 0 Å². The Bertz CT molecular complexity index is 1530. The van der Waals surface area contributed by atoms with Gasteiger partial charge in [0.1, 0.15) is 18.4 Å². The van der Waals surface area contributed by atoms with Crippen LogP contribution < -0.4 is 9.62 Å². The number of nitrogens with zero attached hydrogens (tertiary/aromatic N) is 2. The van der Waals surface area contributed by atoms with E-state index in [2.05, 4.69) is 5.32 Å². The highest BCUT2D eigenvalue weighted by Crippen LogP contribution is 2.38. The van der Waals surface area contributed by atoms with Crippen LogP contribution in [0.25, 0.3) is 0 Å². The maximum absolute atomic E-state index is 14.6. The van der Waals surface area contributed by atoms with Gasteiger partial charge in [-0.3, -0.25) is 13.9 Å². The number of halogens is 5. The number of sulfonamides is 1. The second-order valence-corrected chi connectivity index (χ2v) is 11.8. The van der Waals surface area contributed by atoms with Gasteiger partial charge in [0, 0.05) is 18.7 Å². The molecule has 3 rings (SSSR count). The fourth-order valence-electron chi connectivity index (χ4n) is 4.04. The molecule has 0 aliphatic heterocycles. The zero-order valence-corrected chi connectivity index (χ0v) is 24.7. The summed E-state index contributed by atoms with van der Waals surface area (Å²) in [5, 5.41) is 1.99. The van der Waals surface area contributed by atoms with Crippen molar-refractivity contribution in [1.82, 2.24) is 10.2 Å². The monoisotopic (exact) mass is 627 g/mol. The number of hydrogen-bond acceptors (Lipinski definition) is 4. The fourth-order valence-corrected chi connectivity index (χ4v) is 5.67. The highest BCUT2D eigenvalue weighted by atomic mass is 35.5. The van der Waals surface area contributed by atoms with Crippen molar-refractivity contribution in [3.63, 3.8) is 0 Å². The number of aryl methyl sites for hydroxylation is 1. The van der Waals surface area contributed by atoms with Crippen LogP contribution in [0.4, 0.5) is 23.2 Å². The first kappa shape index (κ1) is 32.9. The van der Waals surface area contributed by atoms with Crippen molar-refractivity contribution in [2.75, 3.05) is 17.4 Å². The first-order chi connectivity index (χ1) is 19.7. The van der Waals surface area contributed by atoms with E-state index in [4.69, 9.17) is 11.6 Å². The molecule has 0 aliphatic rings. The molecule has 0 saturated carbocycles. The van der Waals surface area contributed by atoms with E-state index in [0.29, 0.717) is 23.3 Å². The number of carbonyl (C=O) groups is 2. The Morgan fingerprint density at radius 1 is 1.02 bits per heavy atom. The van der Waals surface area contributed by atoms with Crippen molar-refractivity contribution in [3.05, 3.63) is 94.3 Å². The number of amides is 2. The van der Waals surface area contributed by atoms with Crippen molar-refractivity contribution >= 4 is 39.1 Å². The number of rotatable bonds is 11. The summed E-state index contributed by atoms with van der Waals surface area (Å²) < 4.78 is 83.9. The van der Waals surface area contributed by atoms with Gasteiger partial charge in [-0.2, -0.15) is 13.2 Å². The zero-order chi connectivity index (χ0) is 31.2. The number of alkyl halides is 3. The van der Waals surface area contributed by atoms with E-state index in [0.717, 1.165) is 22.6 Å². The summed E-state index contributed by atoms with van der Waals surface area (Å²) in [6, 6.07) is 12.4. The van der Waals surface area contributed by atoms with Crippen LogP contribution in [-0.2, 0) is 32.3 Å². The summed E-state index contributed by atoms with van der Waals surface area (Å²) in [5.74, 6) is -2.18. The zero-order valence-electron chi connectivity index (χ0n) is 23.1. The Labute approximate surface area is 247 Å². The molecule has 3 aromatic carbocycles. The van der Waals surface area contributed by atoms with Crippen molar-refractivity contribution in [3.8, 4) is 0 Å². The predicted octanol–water partition coefficient (Wildman–Crippen LogP) is 5.95. The molecule has 42 heavy (non-hydrogen) atoms. The van der Waals surface area contributed by atoms with Crippen LogP contribution in [0.1, 0.15) is 37.0 Å². The van der Waals surface area contributed by atoms with E-state index >= 15 is 0 Å². The Morgan fingerprint density at radius 2 is 1.67 bits per heavy atom. The second kappa shape index (κ2) is 13.6. The van der Waals surface area contributed by atoms with E-state index in [1.165, 1.54) is 55.5 Å². The highest BCUT2D eigenvalue weighted by molar-refractivity contribution is 7.92. The summed E-state index contributed by atoms with van der Waals surface area (Å²) >= 11 is 5.77. The topological polar surface area (TPSA) is 86.8 Å². The smallest absolute Gasteiger partial charge is 0.354 e. The second-order valence-electron chi connectivity index (χ2n) is 9.57. The summed E-state index contributed by atoms with van der Waals surface area (Å²) in [4.78, 5) is 27.4. The van der Waals surface area contributed by atoms with E-state index in [1.54, 1.807) is 6.92 Å². The van der Waals surface area contributed by atoms with Gasteiger partial charge in [0.15, 0.2) is 0 Å². The molecule has 0 unspecified atom stereocenters. The van der Waals surface area contributed by atoms with Gasteiger partial charge in [0.05, 0.1) is 21.2 Å². The molecular formula is C29H30ClF4N3O4S. The lowest BCUT2D eigenvalue weighted by molar-refractivity contribution is -0.139. The average molecular weight is 628 g/mol. The van der Waals surface area contributed by atoms with Gasteiger partial charge in [-0.15, -0.1) is 0 Å². The van der Waals surface area contributed by atoms with Crippen LogP contribution in [-0.4, -0.2) is 44.3 Å². The predicted molar refractivity (Wildman–Crippen MR) is 152 cm³/mol. The molecule has 0 aliphatic carbocycles. The Kier molecular flexibility index (Phi) is 10.6. The van der Waals surface area contributed by atoms with Crippen molar-refractivity contribution in [2.45, 2.75) is 50.9 Å². The molecule has 13 heteroatoms. The molecular weight excluding hydrogens is 598 g/mol. The molecule has 0 spiro atoms. The normalized spacial score (nSPS) is 12.5. The van der Waals surface area contributed by atoms with Gasteiger partial charge in [-0.25, -0.2) is 12.8 Å². The fraction of sp³-hybridized carbons (Fsp3) is 0.310. The summed E-state index contributed by atoms with van der Waals surface area (Å²) in [5.41, 5.74) is -0.992. The molecule has 3 aromatic rings. The highest BCUT2D eigenvalue weighted by Gasteiger charge is 2.37. The first-order valence-corrected chi connectivity index (χ1v) is 14.7. The lowest BCUT2D eigenvalue weighted by atomic mass is 10.1. The molecule has 226 valence electrons. The van der Waals surface area contributed by atoms with Gasteiger partial charge < -0.3 is 10.2 Å². The molecule has 0 fully saturated rings. The van der Waals surface area contributed by atoms with Crippen LogP contribution in [0.15, 0.2) is 71.6 Å². The van der Waals surface area contributed by atoms with Gasteiger partial charge in [0.2, 0.25) is 11.8 Å². The quantitative estimate of drug-likeness (QED) is 0.267. The minimum Gasteiger partial charge on any atom is -0.354 e. The van der Waals surface area contributed by atoms with Gasteiger partial charge >= 0.3 is 6.18 Å². The third-order valence-corrected chi connectivity index (χ3v) is 8.56. The van der Waals surface area contributed by atoms with Crippen LogP contribution in [0, 0.1) is 12.7 Å². The molecule has 1 N–H and O–H groups in total. The number of carbonyl (C=O) groups excluding carboxylic acids is 2. The molecule has 0 heterocycles. The Balaban J connectivity index is 2.12. The van der Waals surface area contributed by atoms with Gasteiger partial charge in [0.25, 0.3) is 10.0 Å². The number of anilines is 1. The standard InChI is InChI=1S/C29H30ClF4N3O4S/c1-4-15-35-28(39)20(3)36(17-21-7-5-6-8-26(21)31)27(38)18-37(42(40,41)23-12-9-19(2)10-13-23)22-11-14-25(30)24(16-22)29(32,33)34/h5-14,16,20H,4,15,17-18H2,1-3H3,(H,35,39)/t20-/m1/s1. The largest absolute Gasteiger partial charge is 0.417 e. The van der Waals surface area contributed by atoms with E-state index in [9.17, 15) is 35.6 Å². The number of nitrogens with one attached hydrogen (secondary N) is 1. The van der Waals surface area contributed by atoms with Crippen LogP contribution in [0.5, 0.6) is 0 Å². The van der Waals surface area contributed by atoms with E-state index in [-0.39, 0.29) is 10.5 Å². The minimum absolute atomic E-state index is 0.0554. The Hall–Kier alpha value is -3.64. The maximum Gasteiger partial charge on any atom is 0.417 e. The first-order valence-electron chi connectivity index (χ1n) is 12.9. The molecule has 2 amide bonds. The van der Waals surface area contributed by atoms with E-state index < -0.39 is 69.2 Å². The van der Waals surface area contributed by atoms with Crippen molar-refractivity contribution in [1.29, 1.82) is 0 Å². The molecule has 1 atom stereocenters. The molecule has 0 aromatic heterocycles. The van der Waals surface area contributed by atoms with E-state index in [1.807, 2.05) is 6.92 Å². The Morgan fingerprint density at radius 3 is 2.26 bits per heavy atom. The number of hydrogen-bond donors (Lipinski definition) is 1. The van der Waals surface area contributed by atoms with Crippen LogP contribution >= 0.6 is 11.6 Å². The number of benzene rings is 3. The summed E-state index contributed by atoms with van der Waals surface area (Å²) in [7, 11) is -4.61. The van der Waals surface area contributed by atoms with Crippen LogP contribution in [0.2, 0.25) is 5.02 Å². The van der Waals surface area contributed by atoms with Gasteiger partial charge in [-0.1, -0.05) is 54.4 Å². The third-order valence-electron chi connectivity index (χ3n) is 6.45. The lowest BCUT2D eigenvalue weighted by Gasteiger charge is -2.32. The third kappa shape index (κ3) is 7.80. The molecule has 7 nitrogen and oxygen atoms in total. The maximum atomic E-state index is 14.6. The summed E-state index contributed by atoms with van der Waals surface area (Å²) in [6.45, 7) is 3.84. The molecule has 0 radical (unpaired) electrons. The summed E-state index contributed by atoms with van der Waals surface area (Å²) in [6.07, 6.45) is -4.32. The SMILES string of the molecule is CCCNC(=O)[C@@H](C)N(Cc1ccccc1F)C(=O)CN(c1ccc(Cl)c(C(F)(F)F)c1)S(=O)(=O)c1ccc(C)cc1. The van der Waals surface area contributed by atoms with Crippen molar-refractivity contribution < 1.29 is 35.6 Å². The minimum atomic E-state index is -4.92. The average Bonchev–Trinajstić information content (AvgIpc) is 2.93. The lowest BCUT2D eigenvalue weighted by Crippen LogP contribution is -2.51. The molecule has 0 bridgehead atoms. The molecule has 0 saturated heterocycles.